The Bertz CT molecular complexity index is 160. The molecule has 0 radical (unpaired) electrons. The molecular formula is C7H13ClO2Si. The van der Waals surface area contributed by atoms with Gasteiger partial charge in [-0.1, -0.05) is 19.2 Å². The van der Waals surface area contributed by atoms with E-state index in [1.807, 2.05) is 13.1 Å². The summed E-state index contributed by atoms with van der Waals surface area (Å²) in [6.45, 7) is 5.62. The fourth-order valence-electron chi connectivity index (χ4n) is 0.427. The lowest BCUT2D eigenvalue weighted by atomic mass is 10.5. The van der Waals surface area contributed by atoms with E-state index in [1.54, 1.807) is 13.0 Å². The van der Waals surface area contributed by atoms with Crippen molar-refractivity contribution in [3.63, 3.8) is 0 Å². The van der Waals surface area contributed by atoms with Crippen LogP contribution in [-0.4, -0.2) is 19.6 Å². The maximum atomic E-state index is 10.7. The fourth-order valence-corrected chi connectivity index (χ4v) is 1.08. The number of esters is 1. The summed E-state index contributed by atoms with van der Waals surface area (Å²) in [5.41, 5.74) is 0. The minimum Gasteiger partial charge on any atom is -0.465 e. The Morgan fingerprint density at radius 2 is 2.18 bits per heavy atom. The van der Waals surface area contributed by atoms with Crippen LogP contribution in [0.5, 0.6) is 0 Å². The molecule has 0 aliphatic carbocycles. The topological polar surface area (TPSA) is 26.3 Å². The molecule has 0 aliphatic heterocycles. The molecule has 0 aromatic heterocycles. The summed E-state index contributed by atoms with van der Waals surface area (Å²) in [5, 5.41) is 0. The molecule has 0 heterocycles. The monoisotopic (exact) mass is 192 g/mol. The van der Waals surface area contributed by atoms with Gasteiger partial charge in [-0.3, -0.25) is 0 Å². The van der Waals surface area contributed by atoms with Gasteiger partial charge in [0.25, 0.3) is 0 Å². The van der Waals surface area contributed by atoms with E-state index >= 15 is 0 Å². The van der Waals surface area contributed by atoms with Crippen LogP contribution in [0, 0.1) is 0 Å². The summed E-state index contributed by atoms with van der Waals surface area (Å²) in [7, 11) is -1.75. The van der Waals surface area contributed by atoms with E-state index in [2.05, 4.69) is 0 Å². The molecule has 0 fully saturated rings. The molecule has 4 heteroatoms. The number of allylic oxidation sites excluding steroid dienone is 1. The maximum Gasteiger partial charge on any atom is 0.330 e. The van der Waals surface area contributed by atoms with E-state index in [0.29, 0.717) is 6.23 Å². The number of ether oxygens (including phenoxy) is 1. The maximum absolute atomic E-state index is 10.7. The van der Waals surface area contributed by atoms with E-state index in [4.69, 9.17) is 15.8 Å². The molecule has 0 bridgehead atoms. The van der Waals surface area contributed by atoms with Crippen LogP contribution in [-0.2, 0) is 9.53 Å². The molecule has 0 aliphatic rings. The number of hydrogen-bond donors (Lipinski definition) is 0. The van der Waals surface area contributed by atoms with Gasteiger partial charge in [0.2, 0.25) is 0 Å². The molecule has 11 heavy (non-hydrogen) atoms. The predicted molar refractivity (Wildman–Crippen MR) is 49.1 cm³/mol. The predicted octanol–water partition coefficient (Wildman–Crippen LogP) is 2.09. The molecule has 0 amide bonds. The Hall–Kier alpha value is -0.283. The molecule has 0 rings (SSSR count). The highest BCUT2D eigenvalue weighted by atomic mass is 35.6. The Balaban J connectivity index is 3.63. The summed E-state index contributed by atoms with van der Waals surface area (Å²) in [4.78, 5) is 10.7. The molecule has 0 saturated carbocycles. The zero-order chi connectivity index (χ0) is 8.91. The van der Waals surface area contributed by atoms with Crippen LogP contribution in [0.25, 0.3) is 0 Å². The van der Waals surface area contributed by atoms with Crippen molar-refractivity contribution < 1.29 is 9.53 Å². The lowest BCUT2D eigenvalue weighted by Crippen LogP contribution is -2.26. The molecule has 0 atom stereocenters. The number of hydrogen-bond acceptors (Lipinski definition) is 2. The molecule has 64 valence electrons. The van der Waals surface area contributed by atoms with E-state index < -0.39 is 7.38 Å². The van der Waals surface area contributed by atoms with Crippen molar-refractivity contribution in [3.05, 3.63) is 12.2 Å². The highest BCUT2D eigenvalue weighted by molar-refractivity contribution is 7.19. The van der Waals surface area contributed by atoms with E-state index in [-0.39, 0.29) is 5.97 Å². The summed E-state index contributed by atoms with van der Waals surface area (Å²) >= 11 is 5.91. The second-order valence-corrected chi connectivity index (χ2v) is 9.62. The van der Waals surface area contributed by atoms with Gasteiger partial charge in [0.15, 0.2) is 7.38 Å². The summed E-state index contributed by atoms with van der Waals surface area (Å²) < 4.78 is 4.85. The summed E-state index contributed by atoms with van der Waals surface area (Å²) in [5.74, 6) is -0.311. The zero-order valence-electron chi connectivity index (χ0n) is 7.06. The van der Waals surface area contributed by atoms with Crippen LogP contribution in [0.4, 0.5) is 0 Å². The SMILES string of the molecule is CC=CC(=O)OC[Si](C)(C)Cl. The van der Waals surface area contributed by atoms with Crippen molar-refractivity contribution in [2.75, 3.05) is 6.23 Å². The van der Waals surface area contributed by atoms with Crippen molar-refractivity contribution >= 4 is 24.4 Å². The van der Waals surface area contributed by atoms with Gasteiger partial charge in [0.05, 0.1) is 6.23 Å². The number of carbonyl (C=O) groups is 1. The average molecular weight is 193 g/mol. The molecule has 0 unspecified atom stereocenters. The van der Waals surface area contributed by atoms with Gasteiger partial charge in [0, 0.05) is 6.08 Å². The average Bonchev–Trinajstić information content (AvgIpc) is 1.83. The summed E-state index contributed by atoms with van der Waals surface area (Å²) in [6.07, 6.45) is 3.40. The molecule has 0 N–H and O–H groups in total. The van der Waals surface area contributed by atoms with E-state index in [0.717, 1.165) is 0 Å². The van der Waals surface area contributed by atoms with Crippen molar-refractivity contribution in [1.82, 2.24) is 0 Å². The van der Waals surface area contributed by atoms with Gasteiger partial charge in [-0.15, -0.1) is 0 Å². The second-order valence-electron chi connectivity index (χ2n) is 2.83. The van der Waals surface area contributed by atoms with Crippen LogP contribution >= 0.6 is 11.1 Å². The Morgan fingerprint density at radius 1 is 1.64 bits per heavy atom. The van der Waals surface area contributed by atoms with E-state index in [9.17, 15) is 4.79 Å². The van der Waals surface area contributed by atoms with Gasteiger partial charge in [-0.25, -0.2) is 4.79 Å². The smallest absolute Gasteiger partial charge is 0.330 e. The van der Waals surface area contributed by atoms with E-state index in [1.165, 1.54) is 6.08 Å². The fraction of sp³-hybridized carbons (Fsp3) is 0.571. The van der Waals surface area contributed by atoms with Crippen LogP contribution < -0.4 is 0 Å². The van der Waals surface area contributed by atoms with Crippen LogP contribution in [0.15, 0.2) is 12.2 Å². The van der Waals surface area contributed by atoms with Crippen LogP contribution in [0.3, 0.4) is 0 Å². The first-order valence-electron chi connectivity index (χ1n) is 3.44. The lowest BCUT2D eigenvalue weighted by molar-refractivity contribution is -0.136. The second kappa shape index (κ2) is 4.57. The molecule has 2 nitrogen and oxygen atoms in total. The highest BCUT2D eigenvalue weighted by Gasteiger charge is 2.18. The highest BCUT2D eigenvalue weighted by Crippen LogP contribution is 2.07. The Morgan fingerprint density at radius 3 is 2.55 bits per heavy atom. The minimum absolute atomic E-state index is 0.311. The van der Waals surface area contributed by atoms with Crippen molar-refractivity contribution in [1.29, 1.82) is 0 Å². The minimum atomic E-state index is -1.75. The van der Waals surface area contributed by atoms with Gasteiger partial charge in [0.1, 0.15) is 0 Å². The van der Waals surface area contributed by atoms with Crippen LogP contribution in [0.2, 0.25) is 13.1 Å². The Kier molecular flexibility index (Phi) is 4.45. The molecule has 0 aromatic carbocycles. The van der Waals surface area contributed by atoms with Crippen molar-refractivity contribution in [3.8, 4) is 0 Å². The first-order valence-corrected chi connectivity index (χ1v) is 7.66. The van der Waals surface area contributed by atoms with Gasteiger partial charge in [-0.2, -0.15) is 11.1 Å². The third-order valence-corrected chi connectivity index (χ3v) is 2.02. The van der Waals surface area contributed by atoms with Gasteiger partial charge >= 0.3 is 5.97 Å². The normalized spacial score (nSPS) is 12.0. The number of rotatable bonds is 3. The third kappa shape index (κ3) is 7.62. The first-order chi connectivity index (χ1) is 4.95. The quantitative estimate of drug-likeness (QED) is 0.296. The largest absolute Gasteiger partial charge is 0.465 e. The molecule has 0 aromatic rings. The van der Waals surface area contributed by atoms with Crippen LogP contribution in [0.1, 0.15) is 6.92 Å². The van der Waals surface area contributed by atoms with Gasteiger partial charge < -0.3 is 4.74 Å². The standard InChI is InChI=1S/C7H13ClO2Si/c1-4-5-7(9)10-6-11(2,3)8/h4-5H,6H2,1-3H3. The molecule has 0 spiro atoms. The van der Waals surface area contributed by atoms with Crippen molar-refractivity contribution in [2.45, 2.75) is 20.0 Å². The molecule has 0 saturated heterocycles. The summed E-state index contributed by atoms with van der Waals surface area (Å²) in [6, 6.07) is 0. The van der Waals surface area contributed by atoms with Gasteiger partial charge in [-0.05, 0) is 6.92 Å². The molecular weight excluding hydrogens is 180 g/mol. The number of carbonyl (C=O) groups excluding carboxylic acids is 1. The van der Waals surface area contributed by atoms with Crippen molar-refractivity contribution in [2.24, 2.45) is 0 Å². The first kappa shape index (κ1) is 10.7. The lowest BCUT2D eigenvalue weighted by Gasteiger charge is -2.11. The zero-order valence-corrected chi connectivity index (χ0v) is 8.81. The Labute approximate surface area is 72.9 Å². The third-order valence-electron chi connectivity index (χ3n) is 0.860. The number of halogens is 1.